The molecule has 5 nitrogen and oxygen atoms in total. The maximum Gasteiger partial charge on any atom is 0.254 e. The van der Waals surface area contributed by atoms with Gasteiger partial charge in [-0.25, -0.2) is 0 Å². The van der Waals surface area contributed by atoms with Gasteiger partial charge in [0.15, 0.2) is 0 Å². The van der Waals surface area contributed by atoms with Gasteiger partial charge in [-0.3, -0.25) is 4.79 Å². The molecule has 1 rings (SSSR count). The van der Waals surface area contributed by atoms with Crippen LogP contribution in [0.1, 0.15) is 24.2 Å². The van der Waals surface area contributed by atoms with Gasteiger partial charge in [-0.15, -0.1) is 0 Å². The largest absolute Gasteiger partial charge is 0.497 e. The lowest BCUT2D eigenvalue weighted by molar-refractivity contribution is 0.0634. The third-order valence-corrected chi connectivity index (χ3v) is 2.83. The molecule has 2 N–H and O–H groups in total. The number of ether oxygens (including phenoxy) is 2. The predicted molar refractivity (Wildman–Crippen MR) is 75.5 cm³/mol. The number of amides is 1. The van der Waals surface area contributed by atoms with Crippen LogP contribution in [0, 0.1) is 0 Å². The Morgan fingerprint density at radius 1 is 1.32 bits per heavy atom. The van der Waals surface area contributed by atoms with Crippen molar-refractivity contribution in [2.75, 3.05) is 33.1 Å². The average molecular weight is 266 g/mol. The van der Waals surface area contributed by atoms with Crippen LogP contribution in [-0.2, 0) is 4.74 Å². The highest BCUT2D eigenvalue weighted by Gasteiger charge is 2.19. The molecule has 0 bridgehead atoms. The SMILES string of the molecule is COCCN(C(=O)c1cc(N)cc(OC)c1)C(C)C. The quantitative estimate of drug-likeness (QED) is 0.797. The number of carbonyl (C=O) groups excluding carboxylic acids is 1. The van der Waals surface area contributed by atoms with Crippen molar-refractivity contribution in [3.05, 3.63) is 23.8 Å². The van der Waals surface area contributed by atoms with Gasteiger partial charge >= 0.3 is 0 Å². The van der Waals surface area contributed by atoms with E-state index in [0.717, 1.165) is 0 Å². The molecule has 0 heterocycles. The van der Waals surface area contributed by atoms with Crippen LogP contribution in [0.3, 0.4) is 0 Å². The van der Waals surface area contributed by atoms with E-state index < -0.39 is 0 Å². The Kier molecular flexibility index (Phi) is 5.63. The van der Waals surface area contributed by atoms with E-state index in [-0.39, 0.29) is 11.9 Å². The Balaban J connectivity index is 2.98. The number of hydrogen-bond donors (Lipinski definition) is 1. The molecular weight excluding hydrogens is 244 g/mol. The van der Waals surface area contributed by atoms with Crippen LogP contribution in [0.25, 0.3) is 0 Å². The van der Waals surface area contributed by atoms with Crippen molar-refractivity contribution in [2.24, 2.45) is 0 Å². The lowest BCUT2D eigenvalue weighted by Gasteiger charge is -2.26. The molecule has 0 aliphatic carbocycles. The minimum atomic E-state index is -0.0716. The summed E-state index contributed by atoms with van der Waals surface area (Å²) < 4.78 is 10.2. The number of nitrogen functional groups attached to an aromatic ring is 1. The van der Waals surface area contributed by atoms with Gasteiger partial charge < -0.3 is 20.1 Å². The number of hydrogen-bond acceptors (Lipinski definition) is 4. The summed E-state index contributed by atoms with van der Waals surface area (Å²) in [6.07, 6.45) is 0. The first-order valence-corrected chi connectivity index (χ1v) is 6.24. The summed E-state index contributed by atoms with van der Waals surface area (Å²) >= 11 is 0. The Labute approximate surface area is 114 Å². The van der Waals surface area contributed by atoms with Gasteiger partial charge in [-0.05, 0) is 26.0 Å². The molecule has 0 fully saturated rings. The normalized spacial score (nSPS) is 10.6. The predicted octanol–water partition coefficient (Wildman–Crippen LogP) is 1.77. The first kappa shape index (κ1) is 15.3. The minimum absolute atomic E-state index is 0.0716. The van der Waals surface area contributed by atoms with Crippen molar-refractivity contribution in [3.8, 4) is 5.75 Å². The molecular formula is C14H22N2O3. The number of nitrogens with zero attached hydrogens (tertiary/aromatic N) is 1. The molecule has 0 aliphatic rings. The van der Waals surface area contributed by atoms with Crippen LogP contribution in [0.5, 0.6) is 5.75 Å². The lowest BCUT2D eigenvalue weighted by atomic mass is 10.1. The Bertz CT molecular complexity index is 433. The second-order valence-electron chi connectivity index (χ2n) is 4.58. The molecule has 1 aromatic rings. The zero-order valence-corrected chi connectivity index (χ0v) is 12.0. The van der Waals surface area contributed by atoms with Crippen molar-refractivity contribution in [3.63, 3.8) is 0 Å². The van der Waals surface area contributed by atoms with Gasteiger partial charge in [-0.1, -0.05) is 0 Å². The lowest BCUT2D eigenvalue weighted by Crippen LogP contribution is -2.39. The smallest absolute Gasteiger partial charge is 0.254 e. The monoisotopic (exact) mass is 266 g/mol. The van der Waals surface area contributed by atoms with E-state index in [0.29, 0.717) is 30.2 Å². The third-order valence-electron chi connectivity index (χ3n) is 2.83. The standard InChI is InChI=1S/C14H22N2O3/c1-10(2)16(5-6-18-3)14(17)11-7-12(15)9-13(8-11)19-4/h7-10H,5-6,15H2,1-4H3. The van der Waals surface area contributed by atoms with Gasteiger partial charge in [0, 0.05) is 37.0 Å². The fraction of sp³-hybridized carbons (Fsp3) is 0.500. The molecule has 0 aromatic heterocycles. The van der Waals surface area contributed by atoms with Crippen LogP contribution in [0.4, 0.5) is 5.69 Å². The highest BCUT2D eigenvalue weighted by Crippen LogP contribution is 2.20. The van der Waals surface area contributed by atoms with E-state index in [4.69, 9.17) is 15.2 Å². The summed E-state index contributed by atoms with van der Waals surface area (Å²) in [7, 11) is 3.17. The Morgan fingerprint density at radius 2 is 2.00 bits per heavy atom. The summed E-state index contributed by atoms with van der Waals surface area (Å²) in [6, 6.07) is 5.13. The minimum Gasteiger partial charge on any atom is -0.497 e. The summed E-state index contributed by atoms with van der Waals surface area (Å²) in [5.41, 5.74) is 6.82. The zero-order chi connectivity index (χ0) is 14.4. The summed E-state index contributed by atoms with van der Waals surface area (Å²) in [4.78, 5) is 14.2. The molecule has 19 heavy (non-hydrogen) atoms. The number of nitrogens with two attached hydrogens (primary N) is 1. The average Bonchev–Trinajstić information content (AvgIpc) is 2.37. The summed E-state index contributed by atoms with van der Waals surface area (Å²) in [5, 5.41) is 0. The summed E-state index contributed by atoms with van der Waals surface area (Å²) in [6.45, 7) is 4.99. The number of carbonyl (C=O) groups is 1. The van der Waals surface area contributed by atoms with E-state index in [1.54, 1.807) is 37.3 Å². The maximum atomic E-state index is 12.5. The molecule has 0 aliphatic heterocycles. The van der Waals surface area contributed by atoms with E-state index >= 15 is 0 Å². The molecule has 0 saturated heterocycles. The first-order chi connectivity index (χ1) is 8.99. The van der Waals surface area contributed by atoms with E-state index in [9.17, 15) is 4.79 Å². The van der Waals surface area contributed by atoms with Crippen LogP contribution in [0.15, 0.2) is 18.2 Å². The molecule has 1 aromatic carbocycles. The highest BCUT2D eigenvalue weighted by molar-refractivity contribution is 5.95. The molecule has 0 saturated carbocycles. The fourth-order valence-electron chi connectivity index (χ4n) is 1.81. The van der Waals surface area contributed by atoms with Crippen molar-refractivity contribution >= 4 is 11.6 Å². The summed E-state index contributed by atoms with van der Waals surface area (Å²) in [5.74, 6) is 0.511. The number of anilines is 1. The van der Waals surface area contributed by atoms with E-state index in [2.05, 4.69) is 0 Å². The molecule has 106 valence electrons. The first-order valence-electron chi connectivity index (χ1n) is 6.24. The number of methoxy groups -OCH3 is 2. The second-order valence-corrected chi connectivity index (χ2v) is 4.58. The Morgan fingerprint density at radius 3 is 2.53 bits per heavy atom. The topological polar surface area (TPSA) is 64.8 Å². The van der Waals surface area contributed by atoms with Crippen molar-refractivity contribution in [1.29, 1.82) is 0 Å². The van der Waals surface area contributed by atoms with Crippen molar-refractivity contribution < 1.29 is 14.3 Å². The molecule has 1 amide bonds. The molecule has 0 atom stereocenters. The fourth-order valence-corrected chi connectivity index (χ4v) is 1.81. The van der Waals surface area contributed by atoms with Gasteiger partial charge in [0.25, 0.3) is 5.91 Å². The van der Waals surface area contributed by atoms with Crippen LogP contribution < -0.4 is 10.5 Å². The van der Waals surface area contributed by atoms with E-state index in [1.807, 2.05) is 13.8 Å². The van der Waals surface area contributed by atoms with Gasteiger partial charge in [0.1, 0.15) is 5.75 Å². The van der Waals surface area contributed by atoms with Gasteiger partial charge in [0.05, 0.1) is 13.7 Å². The number of rotatable bonds is 6. The van der Waals surface area contributed by atoms with Gasteiger partial charge in [-0.2, -0.15) is 0 Å². The molecule has 0 spiro atoms. The molecule has 5 heteroatoms. The van der Waals surface area contributed by atoms with Gasteiger partial charge in [0.2, 0.25) is 0 Å². The van der Waals surface area contributed by atoms with E-state index in [1.165, 1.54) is 0 Å². The third kappa shape index (κ3) is 4.13. The molecule has 0 radical (unpaired) electrons. The van der Waals surface area contributed by atoms with Crippen molar-refractivity contribution in [2.45, 2.75) is 19.9 Å². The van der Waals surface area contributed by atoms with Crippen LogP contribution >= 0.6 is 0 Å². The number of benzene rings is 1. The zero-order valence-electron chi connectivity index (χ0n) is 12.0. The highest BCUT2D eigenvalue weighted by atomic mass is 16.5. The Hall–Kier alpha value is -1.75. The molecule has 0 unspecified atom stereocenters. The second kappa shape index (κ2) is 6.99. The maximum absolute atomic E-state index is 12.5. The van der Waals surface area contributed by atoms with Crippen LogP contribution in [0.2, 0.25) is 0 Å². The van der Waals surface area contributed by atoms with Crippen LogP contribution in [-0.4, -0.2) is 44.2 Å². The van der Waals surface area contributed by atoms with Crippen molar-refractivity contribution in [1.82, 2.24) is 4.90 Å².